The van der Waals surface area contributed by atoms with E-state index < -0.39 is 17.4 Å². The summed E-state index contributed by atoms with van der Waals surface area (Å²) < 4.78 is 1.77. The lowest BCUT2D eigenvalue weighted by atomic mass is 9.86. The largest absolute Gasteiger partial charge is 0.480 e. The maximum atomic E-state index is 11.7. The molecule has 1 atom stereocenters. The minimum Gasteiger partial charge on any atom is -0.480 e. The van der Waals surface area contributed by atoms with Crippen LogP contribution in [0, 0.1) is 5.41 Å². The van der Waals surface area contributed by atoms with Gasteiger partial charge in [-0.1, -0.05) is 20.8 Å². The Kier molecular flexibility index (Phi) is 4.47. The molecule has 1 aromatic heterocycles. The maximum absolute atomic E-state index is 11.7. The number of nitrogens with zero attached hydrogens (tertiary/aromatic N) is 2. The quantitative estimate of drug-likeness (QED) is 0.816. The van der Waals surface area contributed by atoms with Gasteiger partial charge >= 0.3 is 5.97 Å². The van der Waals surface area contributed by atoms with Gasteiger partial charge in [0.1, 0.15) is 6.04 Å². The molecule has 0 bridgehead atoms. The van der Waals surface area contributed by atoms with Crippen molar-refractivity contribution in [3.8, 4) is 0 Å². The summed E-state index contributed by atoms with van der Waals surface area (Å²) in [7, 11) is 0. The van der Waals surface area contributed by atoms with E-state index in [-0.39, 0.29) is 12.3 Å². The lowest BCUT2D eigenvalue weighted by Crippen LogP contribution is -2.49. The molecule has 0 saturated carbocycles. The molecule has 100 valence electrons. The van der Waals surface area contributed by atoms with Crippen LogP contribution >= 0.6 is 0 Å². The fraction of sp³-hybridized carbons (Fsp3) is 0.583. The first-order chi connectivity index (χ1) is 8.30. The highest BCUT2D eigenvalue weighted by Gasteiger charge is 2.32. The van der Waals surface area contributed by atoms with Gasteiger partial charge in [0.15, 0.2) is 0 Å². The van der Waals surface area contributed by atoms with E-state index >= 15 is 0 Å². The summed E-state index contributed by atoms with van der Waals surface area (Å²) in [6.07, 6.45) is 5.24. The molecule has 6 nitrogen and oxygen atoms in total. The molecule has 1 aromatic rings. The summed E-state index contributed by atoms with van der Waals surface area (Å²) >= 11 is 0. The number of imidazole rings is 1. The molecule has 1 rings (SSSR count). The van der Waals surface area contributed by atoms with Crippen molar-refractivity contribution in [2.75, 3.05) is 0 Å². The number of carbonyl (C=O) groups excluding carboxylic acids is 1. The van der Waals surface area contributed by atoms with Crippen LogP contribution in [0.2, 0.25) is 0 Å². The highest BCUT2D eigenvalue weighted by Crippen LogP contribution is 2.19. The van der Waals surface area contributed by atoms with Gasteiger partial charge in [-0.25, -0.2) is 9.78 Å². The molecule has 0 fully saturated rings. The molecule has 0 aliphatic heterocycles. The van der Waals surface area contributed by atoms with Crippen LogP contribution in [-0.2, 0) is 16.1 Å². The molecule has 18 heavy (non-hydrogen) atoms. The Hall–Kier alpha value is -1.85. The smallest absolute Gasteiger partial charge is 0.326 e. The standard InChI is InChI=1S/C12H19N3O3/c1-12(2,3)10(11(17)18)14-9(16)4-6-15-7-5-13-8-15/h5,7-8,10H,4,6H2,1-3H3,(H,14,16)(H,17,18)/t10-/m1/s1. The van der Waals surface area contributed by atoms with Crippen LogP contribution in [0.1, 0.15) is 27.2 Å². The van der Waals surface area contributed by atoms with Crippen molar-refractivity contribution in [3.05, 3.63) is 18.7 Å². The molecular weight excluding hydrogens is 234 g/mol. The fourth-order valence-corrected chi connectivity index (χ4v) is 1.53. The summed E-state index contributed by atoms with van der Waals surface area (Å²) in [5.41, 5.74) is -0.517. The van der Waals surface area contributed by atoms with E-state index in [1.165, 1.54) is 0 Å². The predicted octanol–water partition coefficient (Wildman–Crippen LogP) is 0.889. The Morgan fingerprint density at radius 2 is 2.11 bits per heavy atom. The Bertz CT molecular complexity index is 407. The number of aromatic nitrogens is 2. The van der Waals surface area contributed by atoms with Crippen molar-refractivity contribution >= 4 is 11.9 Å². The third-order valence-corrected chi connectivity index (χ3v) is 2.57. The van der Waals surface area contributed by atoms with Gasteiger partial charge < -0.3 is 15.0 Å². The van der Waals surface area contributed by atoms with E-state index in [4.69, 9.17) is 5.11 Å². The highest BCUT2D eigenvalue weighted by atomic mass is 16.4. The van der Waals surface area contributed by atoms with Gasteiger partial charge in [0.2, 0.25) is 5.91 Å². The van der Waals surface area contributed by atoms with Gasteiger partial charge in [-0.3, -0.25) is 4.79 Å². The Balaban J connectivity index is 2.49. The van der Waals surface area contributed by atoms with Crippen molar-refractivity contribution in [2.45, 2.75) is 39.8 Å². The summed E-state index contributed by atoms with van der Waals surface area (Å²) in [4.78, 5) is 26.6. The number of hydrogen-bond acceptors (Lipinski definition) is 3. The molecule has 1 amide bonds. The Morgan fingerprint density at radius 3 is 2.56 bits per heavy atom. The van der Waals surface area contributed by atoms with Crippen molar-refractivity contribution in [1.29, 1.82) is 0 Å². The zero-order chi connectivity index (χ0) is 13.8. The predicted molar refractivity (Wildman–Crippen MR) is 65.9 cm³/mol. The van der Waals surface area contributed by atoms with Crippen LogP contribution in [0.4, 0.5) is 0 Å². The van der Waals surface area contributed by atoms with Crippen LogP contribution in [0.15, 0.2) is 18.7 Å². The van der Waals surface area contributed by atoms with Crippen LogP contribution in [0.25, 0.3) is 0 Å². The van der Waals surface area contributed by atoms with E-state index in [1.54, 1.807) is 44.1 Å². The number of aliphatic carboxylic acids is 1. The van der Waals surface area contributed by atoms with Crippen molar-refractivity contribution in [2.24, 2.45) is 5.41 Å². The third kappa shape index (κ3) is 4.20. The van der Waals surface area contributed by atoms with Crippen LogP contribution in [0.3, 0.4) is 0 Å². The second kappa shape index (κ2) is 5.66. The topological polar surface area (TPSA) is 84.2 Å². The molecule has 0 aliphatic carbocycles. The number of carboxylic acid groups (broad SMARTS) is 1. The highest BCUT2D eigenvalue weighted by molar-refractivity contribution is 5.84. The zero-order valence-electron chi connectivity index (χ0n) is 10.9. The fourth-order valence-electron chi connectivity index (χ4n) is 1.53. The molecule has 0 aliphatic rings. The van der Waals surface area contributed by atoms with Gasteiger partial charge in [-0.2, -0.15) is 0 Å². The molecule has 6 heteroatoms. The monoisotopic (exact) mass is 253 g/mol. The van der Waals surface area contributed by atoms with E-state index in [1.807, 2.05) is 0 Å². The van der Waals surface area contributed by atoms with Crippen LogP contribution in [-0.4, -0.2) is 32.6 Å². The summed E-state index contributed by atoms with van der Waals surface area (Å²) in [6.45, 7) is 5.83. The van der Waals surface area contributed by atoms with Gasteiger partial charge in [0, 0.05) is 25.4 Å². The molecule has 1 heterocycles. The molecule has 0 spiro atoms. The Morgan fingerprint density at radius 1 is 1.44 bits per heavy atom. The second-order valence-electron chi connectivity index (χ2n) is 5.26. The van der Waals surface area contributed by atoms with E-state index in [0.29, 0.717) is 6.54 Å². The Labute approximate surface area is 106 Å². The number of aryl methyl sites for hydroxylation is 1. The first-order valence-electron chi connectivity index (χ1n) is 5.78. The number of amides is 1. The van der Waals surface area contributed by atoms with E-state index in [9.17, 15) is 9.59 Å². The minimum absolute atomic E-state index is 0.232. The number of carbonyl (C=O) groups is 2. The molecule has 0 saturated heterocycles. The van der Waals surface area contributed by atoms with Gasteiger partial charge in [-0.15, -0.1) is 0 Å². The average Bonchev–Trinajstić information content (AvgIpc) is 2.73. The van der Waals surface area contributed by atoms with E-state index in [2.05, 4.69) is 10.3 Å². The molecule has 0 aromatic carbocycles. The van der Waals surface area contributed by atoms with Gasteiger partial charge in [0.25, 0.3) is 0 Å². The summed E-state index contributed by atoms with van der Waals surface area (Å²) in [5.74, 6) is -1.29. The van der Waals surface area contributed by atoms with Crippen molar-refractivity contribution in [3.63, 3.8) is 0 Å². The first-order valence-corrected chi connectivity index (χ1v) is 5.78. The lowest BCUT2D eigenvalue weighted by Gasteiger charge is -2.27. The molecule has 0 radical (unpaired) electrons. The zero-order valence-corrected chi connectivity index (χ0v) is 10.9. The number of rotatable bonds is 5. The first kappa shape index (κ1) is 14.2. The van der Waals surface area contributed by atoms with Crippen molar-refractivity contribution < 1.29 is 14.7 Å². The van der Waals surface area contributed by atoms with Gasteiger partial charge in [0.05, 0.1) is 6.33 Å². The summed E-state index contributed by atoms with van der Waals surface area (Å²) in [6, 6.07) is -0.882. The lowest BCUT2D eigenvalue weighted by molar-refractivity contribution is -0.145. The molecule has 2 N–H and O–H groups in total. The van der Waals surface area contributed by atoms with Crippen LogP contribution < -0.4 is 5.32 Å². The molecular formula is C12H19N3O3. The van der Waals surface area contributed by atoms with E-state index in [0.717, 1.165) is 0 Å². The minimum atomic E-state index is -1.02. The number of hydrogen-bond donors (Lipinski definition) is 2. The summed E-state index contributed by atoms with van der Waals surface area (Å²) in [5, 5.41) is 11.6. The van der Waals surface area contributed by atoms with Crippen LogP contribution in [0.5, 0.6) is 0 Å². The SMILES string of the molecule is CC(C)(C)[C@H](NC(=O)CCn1ccnc1)C(=O)O. The molecule has 0 unspecified atom stereocenters. The third-order valence-electron chi connectivity index (χ3n) is 2.57. The van der Waals surface area contributed by atoms with Gasteiger partial charge in [-0.05, 0) is 5.41 Å². The normalized spacial score (nSPS) is 13.1. The number of nitrogens with one attached hydrogen (secondary N) is 1. The second-order valence-corrected chi connectivity index (χ2v) is 5.26. The average molecular weight is 253 g/mol. The number of carboxylic acids is 1. The maximum Gasteiger partial charge on any atom is 0.326 e. The van der Waals surface area contributed by atoms with Crippen molar-refractivity contribution in [1.82, 2.24) is 14.9 Å².